The molecule has 0 aromatic carbocycles. The lowest BCUT2D eigenvalue weighted by molar-refractivity contribution is 0.181. The summed E-state index contributed by atoms with van der Waals surface area (Å²) in [5, 5.41) is 3.64. The Hall–Kier alpha value is -0.800. The Morgan fingerprint density at radius 3 is 2.42 bits per heavy atom. The van der Waals surface area contributed by atoms with Gasteiger partial charge in [-0.15, -0.1) is 0 Å². The highest BCUT2D eigenvalue weighted by Crippen LogP contribution is 2.19. The molecule has 2 heterocycles. The highest BCUT2D eigenvalue weighted by molar-refractivity contribution is 5.08. The van der Waals surface area contributed by atoms with Gasteiger partial charge in [0.05, 0.1) is 6.04 Å². The van der Waals surface area contributed by atoms with Gasteiger partial charge in [-0.25, -0.2) is 0 Å². The fraction of sp³-hybridized carbons (Fsp3) is 0.750. The zero-order valence-corrected chi connectivity index (χ0v) is 12.8. The standard InChI is InChI=1S/C16H28N2O/c1-12(2)15(18-9-5-6-10-18)11-17-14(4)16-8-7-13(3)19-16/h7-8,12,14-15,17H,5-6,9-11H2,1-4H3. The molecular weight excluding hydrogens is 236 g/mol. The van der Waals surface area contributed by atoms with Crippen LogP contribution < -0.4 is 5.32 Å². The van der Waals surface area contributed by atoms with Gasteiger partial charge < -0.3 is 9.73 Å². The first-order valence-electron chi connectivity index (χ1n) is 7.61. The molecule has 1 aliphatic rings. The molecule has 3 heteroatoms. The van der Waals surface area contributed by atoms with Gasteiger partial charge >= 0.3 is 0 Å². The van der Waals surface area contributed by atoms with Gasteiger partial charge in [-0.1, -0.05) is 13.8 Å². The lowest BCUT2D eigenvalue weighted by Crippen LogP contribution is -2.44. The van der Waals surface area contributed by atoms with Crippen molar-refractivity contribution in [3.63, 3.8) is 0 Å². The van der Waals surface area contributed by atoms with E-state index >= 15 is 0 Å². The Balaban J connectivity index is 1.87. The number of furan rings is 1. The molecule has 19 heavy (non-hydrogen) atoms. The molecule has 0 bridgehead atoms. The van der Waals surface area contributed by atoms with Crippen LogP contribution in [0.4, 0.5) is 0 Å². The van der Waals surface area contributed by atoms with Gasteiger partial charge in [0.15, 0.2) is 0 Å². The van der Waals surface area contributed by atoms with E-state index in [9.17, 15) is 0 Å². The maximum Gasteiger partial charge on any atom is 0.120 e. The molecule has 0 radical (unpaired) electrons. The van der Waals surface area contributed by atoms with Gasteiger partial charge in [-0.2, -0.15) is 0 Å². The van der Waals surface area contributed by atoms with Crippen LogP contribution in [-0.2, 0) is 0 Å². The van der Waals surface area contributed by atoms with Crippen molar-refractivity contribution in [2.24, 2.45) is 5.92 Å². The van der Waals surface area contributed by atoms with E-state index < -0.39 is 0 Å². The quantitative estimate of drug-likeness (QED) is 0.854. The summed E-state index contributed by atoms with van der Waals surface area (Å²) in [5.41, 5.74) is 0. The van der Waals surface area contributed by atoms with Gasteiger partial charge in [-0.05, 0) is 57.8 Å². The van der Waals surface area contributed by atoms with Crippen molar-refractivity contribution in [2.45, 2.75) is 52.6 Å². The number of nitrogens with zero attached hydrogens (tertiary/aromatic N) is 1. The molecule has 0 spiro atoms. The van der Waals surface area contributed by atoms with Gasteiger partial charge in [0, 0.05) is 12.6 Å². The van der Waals surface area contributed by atoms with E-state index in [4.69, 9.17) is 4.42 Å². The molecule has 1 N–H and O–H groups in total. The number of nitrogens with one attached hydrogen (secondary N) is 1. The number of hydrogen-bond acceptors (Lipinski definition) is 3. The topological polar surface area (TPSA) is 28.4 Å². The molecule has 2 atom stereocenters. The predicted molar refractivity (Wildman–Crippen MR) is 79.3 cm³/mol. The first kappa shape index (κ1) is 14.6. The summed E-state index contributed by atoms with van der Waals surface area (Å²) in [4.78, 5) is 2.64. The van der Waals surface area contributed by atoms with Crippen LogP contribution in [-0.4, -0.2) is 30.6 Å². The highest BCUT2D eigenvalue weighted by Gasteiger charge is 2.25. The zero-order chi connectivity index (χ0) is 13.8. The van der Waals surface area contributed by atoms with Crippen LogP contribution in [0.2, 0.25) is 0 Å². The minimum absolute atomic E-state index is 0.289. The summed E-state index contributed by atoms with van der Waals surface area (Å²) in [6.07, 6.45) is 2.71. The minimum Gasteiger partial charge on any atom is -0.465 e. The van der Waals surface area contributed by atoms with Crippen molar-refractivity contribution >= 4 is 0 Å². The molecule has 0 aliphatic carbocycles. The molecule has 2 unspecified atom stereocenters. The monoisotopic (exact) mass is 264 g/mol. The number of rotatable bonds is 6. The van der Waals surface area contributed by atoms with E-state index in [2.05, 4.69) is 37.1 Å². The van der Waals surface area contributed by atoms with Gasteiger partial charge in [0.25, 0.3) is 0 Å². The van der Waals surface area contributed by atoms with Crippen LogP contribution in [0.1, 0.15) is 51.2 Å². The van der Waals surface area contributed by atoms with Gasteiger partial charge in [0.2, 0.25) is 0 Å². The maximum absolute atomic E-state index is 5.69. The maximum atomic E-state index is 5.69. The normalized spacial score (nSPS) is 20.1. The summed E-state index contributed by atoms with van der Waals surface area (Å²) in [6.45, 7) is 12.4. The fourth-order valence-electron chi connectivity index (χ4n) is 2.94. The van der Waals surface area contributed by atoms with Crippen molar-refractivity contribution in [3.8, 4) is 0 Å². The third-order valence-corrected chi connectivity index (χ3v) is 4.20. The molecule has 1 saturated heterocycles. The van der Waals surface area contributed by atoms with Crippen molar-refractivity contribution in [1.29, 1.82) is 0 Å². The Kier molecular flexibility index (Phi) is 5.06. The Morgan fingerprint density at radius 1 is 1.21 bits per heavy atom. The van der Waals surface area contributed by atoms with E-state index in [0.29, 0.717) is 12.0 Å². The number of aryl methyl sites for hydroxylation is 1. The van der Waals surface area contributed by atoms with Crippen LogP contribution in [0.25, 0.3) is 0 Å². The lowest BCUT2D eigenvalue weighted by atomic mass is 10.0. The van der Waals surface area contributed by atoms with Crippen molar-refractivity contribution in [2.75, 3.05) is 19.6 Å². The first-order chi connectivity index (χ1) is 9.08. The van der Waals surface area contributed by atoms with Crippen molar-refractivity contribution < 1.29 is 4.42 Å². The molecule has 3 nitrogen and oxygen atoms in total. The lowest BCUT2D eigenvalue weighted by Gasteiger charge is -2.32. The van der Waals surface area contributed by atoms with Crippen LogP contribution in [0.15, 0.2) is 16.5 Å². The second-order valence-electron chi connectivity index (χ2n) is 6.13. The summed E-state index contributed by atoms with van der Waals surface area (Å²) < 4.78 is 5.69. The Bertz CT molecular complexity index is 380. The number of likely N-dealkylation sites (tertiary alicyclic amines) is 1. The average molecular weight is 264 g/mol. The van der Waals surface area contributed by atoms with Crippen LogP contribution >= 0.6 is 0 Å². The molecule has 2 rings (SSSR count). The van der Waals surface area contributed by atoms with Crippen LogP contribution in [0.3, 0.4) is 0 Å². The smallest absolute Gasteiger partial charge is 0.120 e. The largest absolute Gasteiger partial charge is 0.465 e. The fourth-order valence-corrected chi connectivity index (χ4v) is 2.94. The third kappa shape index (κ3) is 3.83. The third-order valence-electron chi connectivity index (χ3n) is 4.20. The molecular formula is C16H28N2O. The summed E-state index contributed by atoms with van der Waals surface area (Å²) in [7, 11) is 0. The van der Waals surface area contributed by atoms with Crippen molar-refractivity contribution in [3.05, 3.63) is 23.7 Å². The van der Waals surface area contributed by atoms with Crippen LogP contribution in [0, 0.1) is 12.8 Å². The molecule has 1 aliphatic heterocycles. The molecule has 1 fully saturated rings. The van der Waals surface area contributed by atoms with Crippen LogP contribution in [0.5, 0.6) is 0 Å². The average Bonchev–Trinajstić information content (AvgIpc) is 3.00. The Morgan fingerprint density at radius 2 is 1.89 bits per heavy atom. The SMILES string of the molecule is Cc1ccc(C(C)NCC(C(C)C)N2CCCC2)o1. The molecule has 1 aromatic rings. The predicted octanol–water partition coefficient (Wildman–Crippen LogP) is 3.36. The second kappa shape index (κ2) is 6.58. The molecule has 1 aromatic heterocycles. The molecule has 0 amide bonds. The summed E-state index contributed by atoms with van der Waals surface area (Å²) in [5.74, 6) is 2.72. The zero-order valence-electron chi connectivity index (χ0n) is 12.8. The van der Waals surface area contributed by atoms with E-state index in [0.717, 1.165) is 18.1 Å². The van der Waals surface area contributed by atoms with E-state index in [1.54, 1.807) is 0 Å². The highest BCUT2D eigenvalue weighted by atomic mass is 16.3. The molecule has 0 saturated carbocycles. The van der Waals surface area contributed by atoms with E-state index in [1.807, 2.05) is 13.0 Å². The first-order valence-corrected chi connectivity index (χ1v) is 7.61. The summed E-state index contributed by atoms with van der Waals surface area (Å²) >= 11 is 0. The molecule has 108 valence electrons. The minimum atomic E-state index is 0.289. The van der Waals surface area contributed by atoms with E-state index in [-0.39, 0.29) is 6.04 Å². The van der Waals surface area contributed by atoms with E-state index in [1.165, 1.54) is 25.9 Å². The van der Waals surface area contributed by atoms with Crippen molar-refractivity contribution in [1.82, 2.24) is 10.2 Å². The second-order valence-corrected chi connectivity index (χ2v) is 6.13. The Labute approximate surface area is 117 Å². The van der Waals surface area contributed by atoms with Gasteiger partial charge in [0.1, 0.15) is 11.5 Å². The number of hydrogen-bond donors (Lipinski definition) is 1. The van der Waals surface area contributed by atoms with Gasteiger partial charge in [-0.3, -0.25) is 4.90 Å². The summed E-state index contributed by atoms with van der Waals surface area (Å²) in [6, 6.07) is 5.04.